The highest BCUT2D eigenvalue weighted by atomic mass is 16.1. The summed E-state index contributed by atoms with van der Waals surface area (Å²) in [6, 6.07) is 7.15. The van der Waals surface area contributed by atoms with Crippen LogP contribution in [-0.4, -0.2) is 11.9 Å². The van der Waals surface area contributed by atoms with Gasteiger partial charge in [-0.1, -0.05) is 24.6 Å². The van der Waals surface area contributed by atoms with Crippen LogP contribution in [0.2, 0.25) is 0 Å². The molecule has 1 aromatic carbocycles. The zero-order valence-electron chi connectivity index (χ0n) is 13.9. The largest absolute Gasteiger partial charge is 0.353 e. The Morgan fingerprint density at radius 2 is 1.87 bits per heavy atom. The van der Waals surface area contributed by atoms with Crippen molar-refractivity contribution < 1.29 is 4.79 Å². The van der Waals surface area contributed by atoms with E-state index in [1.54, 1.807) is 0 Å². The van der Waals surface area contributed by atoms with Gasteiger partial charge in [-0.3, -0.25) is 4.79 Å². The van der Waals surface area contributed by atoms with Gasteiger partial charge < -0.3 is 5.32 Å². The molecule has 0 radical (unpaired) electrons. The Morgan fingerprint density at radius 1 is 1.00 bits per heavy atom. The molecular weight excluding hydrogens is 282 g/mol. The van der Waals surface area contributed by atoms with E-state index in [9.17, 15) is 4.79 Å². The molecule has 2 nitrogen and oxygen atoms in total. The van der Waals surface area contributed by atoms with Crippen LogP contribution in [0.4, 0.5) is 0 Å². The van der Waals surface area contributed by atoms with Crippen molar-refractivity contribution in [3.63, 3.8) is 0 Å². The van der Waals surface area contributed by atoms with Gasteiger partial charge in [-0.25, -0.2) is 0 Å². The molecule has 122 valence electrons. The molecule has 4 aliphatic carbocycles. The summed E-state index contributed by atoms with van der Waals surface area (Å²) in [6.07, 6.45) is 11.2. The first-order chi connectivity index (χ1) is 11.3. The normalized spacial score (nSPS) is 37.0. The number of aryl methyl sites for hydroxylation is 2. The predicted molar refractivity (Wildman–Crippen MR) is 91.1 cm³/mol. The summed E-state index contributed by atoms with van der Waals surface area (Å²) in [4.78, 5) is 12.5. The van der Waals surface area contributed by atoms with E-state index >= 15 is 0 Å². The van der Waals surface area contributed by atoms with Crippen molar-refractivity contribution in [2.24, 2.45) is 23.7 Å². The molecule has 1 aromatic rings. The maximum Gasteiger partial charge on any atom is 0.224 e. The van der Waals surface area contributed by atoms with Crippen LogP contribution in [0.15, 0.2) is 18.2 Å². The number of carbonyl (C=O) groups excluding carboxylic acids is 1. The fourth-order valence-electron chi connectivity index (χ4n) is 6.41. The van der Waals surface area contributed by atoms with Crippen molar-refractivity contribution >= 4 is 5.91 Å². The van der Waals surface area contributed by atoms with Gasteiger partial charge in [0.15, 0.2) is 0 Å². The molecule has 0 heterocycles. The zero-order chi connectivity index (χ0) is 15.4. The van der Waals surface area contributed by atoms with Crippen molar-refractivity contribution in [1.29, 1.82) is 0 Å². The quantitative estimate of drug-likeness (QED) is 0.907. The molecule has 5 unspecified atom stereocenters. The number of benzene rings is 1. The van der Waals surface area contributed by atoms with Crippen molar-refractivity contribution in [2.75, 3.05) is 0 Å². The molecule has 1 amide bonds. The van der Waals surface area contributed by atoms with Gasteiger partial charge in [0, 0.05) is 6.04 Å². The van der Waals surface area contributed by atoms with Gasteiger partial charge in [-0.15, -0.1) is 0 Å². The lowest BCUT2D eigenvalue weighted by Crippen LogP contribution is -2.43. The number of amides is 1. The second kappa shape index (κ2) is 5.36. The second-order valence-electron chi connectivity index (χ2n) is 8.46. The van der Waals surface area contributed by atoms with Crippen LogP contribution in [0, 0.1) is 23.7 Å². The predicted octanol–water partition coefficient (Wildman–Crippen LogP) is 3.66. The summed E-state index contributed by atoms with van der Waals surface area (Å²) >= 11 is 0. The lowest BCUT2D eigenvalue weighted by Gasteiger charge is -2.32. The van der Waals surface area contributed by atoms with E-state index in [-0.39, 0.29) is 5.91 Å². The maximum absolute atomic E-state index is 12.5. The van der Waals surface area contributed by atoms with Crippen LogP contribution in [0.5, 0.6) is 0 Å². The number of nitrogens with one attached hydrogen (secondary N) is 1. The summed E-state index contributed by atoms with van der Waals surface area (Å²) in [5, 5.41) is 3.40. The second-order valence-corrected chi connectivity index (χ2v) is 8.46. The van der Waals surface area contributed by atoms with Crippen LogP contribution in [0.25, 0.3) is 0 Å². The Kier molecular flexibility index (Phi) is 3.28. The molecule has 0 saturated heterocycles. The summed E-state index contributed by atoms with van der Waals surface area (Å²) in [7, 11) is 0. The smallest absolute Gasteiger partial charge is 0.224 e. The highest BCUT2D eigenvalue weighted by Crippen LogP contribution is 2.58. The van der Waals surface area contributed by atoms with Gasteiger partial charge in [0.2, 0.25) is 5.91 Å². The van der Waals surface area contributed by atoms with Gasteiger partial charge in [-0.2, -0.15) is 0 Å². The fraction of sp³-hybridized carbons (Fsp3) is 0.667. The number of hydrogen-bond donors (Lipinski definition) is 1. The molecule has 0 aromatic heterocycles. The van der Waals surface area contributed by atoms with E-state index in [0.29, 0.717) is 12.5 Å². The van der Waals surface area contributed by atoms with E-state index < -0.39 is 0 Å². The summed E-state index contributed by atoms with van der Waals surface area (Å²) in [6.45, 7) is 0. The maximum atomic E-state index is 12.5. The van der Waals surface area contributed by atoms with Gasteiger partial charge >= 0.3 is 0 Å². The third kappa shape index (κ3) is 2.33. The summed E-state index contributed by atoms with van der Waals surface area (Å²) in [5.41, 5.74) is 4.17. The van der Waals surface area contributed by atoms with E-state index in [1.807, 2.05) is 0 Å². The molecule has 4 aliphatic rings. The van der Waals surface area contributed by atoms with Crippen LogP contribution in [0.1, 0.15) is 55.2 Å². The Labute approximate surface area is 139 Å². The van der Waals surface area contributed by atoms with Crippen molar-refractivity contribution in [1.82, 2.24) is 5.32 Å². The highest BCUT2D eigenvalue weighted by Gasteiger charge is 2.53. The fourth-order valence-corrected chi connectivity index (χ4v) is 6.41. The van der Waals surface area contributed by atoms with E-state index in [1.165, 1.54) is 68.1 Å². The first-order valence-electron chi connectivity index (χ1n) is 9.68. The minimum absolute atomic E-state index is 0.245. The van der Waals surface area contributed by atoms with Crippen molar-refractivity contribution in [3.05, 3.63) is 34.9 Å². The van der Waals surface area contributed by atoms with Crippen LogP contribution >= 0.6 is 0 Å². The Morgan fingerprint density at radius 3 is 2.83 bits per heavy atom. The monoisotopic (exact) mass is 309 g/mol. The zero-order valence-corrected chi connectivity index (χ0v) is 13.9. The Hall–Kier alpha value is -1.31. The molecule has 2 bridgehead atoms. The molecular formula is C21H27NO. The molecule has 1 N–H and O–H groups in total. The van der Waals surface area contributed by atoms with E-state index in [2.05, 4.69) is 23.5 Å². The van der Waals surface area contributed by atoms with E-state index in [0.717, 1.165) is 23.7 Å². The Balaban J connectivity index is 1.23. The first-order valence-corrected chi connectivity index (χ1v) is 9.68. The molecule has 3 saturated carbocycles. The van der Waals surface area contributed by atoms with Gasteiger partial charge in [-0.05, 0) is 85.3 Å². The Bertz CT molecular complexity index is 637. The average Bonchev–Trinajstić information content (AvgIpc) is 3.28. The van der Waals surface area contributed by atoms with Crippen LogP contribution < -0.4 is 5.32 Å². The molecule has 5 rings (SSSR count). The van der Waals surface area contributed by atoms with Gasteiger partial charge in [0.1, 0.15) is 0 Å². The number of rotatable bonds is 3. The minimum Gasteiger partial charge on any atom is -0.353 e. The molecule has 5 atom stereocenters. The van der Waals surface area contributed by atoms with Gasteiger partial charge in [0.25, 0.3) is 0 Å². The molecule has 0 aliphatic heterocycles. The minimum atomic E-state index is 0.245. The summed E-state index contributed by atoms with van der Waals surface area (Å²) < 4.78 is 0. The standard InChI is InChI=1S/C21H27NO/c23-21(10-13-7-8-14-3-1-4-15(14)9-13)22-20-12-16-11-19(20)18-6-2-5-17(16)18/h7-9,16-20H,1-6,10-12H2,(H,22,23). The molecule has 23 heavy (non-hydrogen) atoms. The average molecular weight is 309 g/mol. The lowest BCUT2D eigenvalue weighted by molar-refractivity contribution is -0.121. The molecule has 2 heteroatoms. The van der Waals surface area contributed by atoms with Crippen molar-refractivity contribution in [2.45, 2.75) is 63.8 Å². The van der Waals surface area contributed by atoms with E-state index in [4.69, 9.17) is 0 Å². The topological polar surface area (TPSA) is 29.1 Å². The third-order valence-electron chi connectivity index (χ3n) is 7.30. The molecule has 3 fully saturated rings. The SMILES string of the molecule is O=C(Cc1ccc2c(c1)CCC2)NC1CC2CC1C1CCCC21. The van der Waals surface area contributed by atoms with Crippen LogP contribution in [-0.2, 0) is 24.1 Å². The number of fused-ring (bicyclic) bond motifs is 6. The lowest BCUT2D eigenvalue weighted by atomic mass is 9.79. The van der Waals surface area contributed by atoms with Crippen molar-refractivity contribution in [3.8, 4) is 0 Å². The molecule has 0 spiro atoms. The number of hydrogen-bond acceptors (Lipinski definition) is 1. The highest BCUT2D eigenvalue weighted by molar-refractivity contribution is 5.79. The van der Waals surface area contributed by atoms with Gasteiger partial charge in [0.05, 0.1) is 6.42 Å². The van der Waals surface area contributed by atoms with Crippen LogP contribution in [0.3, 0.4) is 0 Å². The third-order valence-corrected chi connectivity index (χ3v) is 7.30. The summed E-state index contributed by atoms with van der Waals surface area (Å²) in [5.74, 6) is 3.88. The first kappa shape index (κ1) is 14.1. The number of carbonyl (C=O) groups is 1.